The van der Waals surface area contributed by atoms with Crippen molar-refractivity contribution in [1.29, 1.82) is 0 Å². The number of thiocarbonyl (C=S) groups is 1. The first-order chi connectivity index (χ1) is 14.9. The van der Waals surface area contributed by atoms with Crippen molar-refractivity contribution in [2.75, 3.05) is 13.2 Å². The number of aryl methyl sites for hydroxylation is 1. The van der Waals surface area contributed by atoms with Crippen molar-refractivity contribution in [2.24, 2.45) is 0 Å². The average molecular weight is 437 g/mol. The average Bonchev–Trinajstić information content (AvgIpc) is 3.24. The largest absolute Gasteiger partial charge is 0.478 e. The third-order valence-electron chi connectivity index (χ3n) is 5.68. The molecular formula is C23H24N4O3S. The number of hydrogen-bond donors (Lipinski definition) is 3. The molecule has 1 fully saturated rings. The molecular weight excluding hydrogens is 412 g/mol. The molecule has 1 aromatic carbocycles. The van der Waals surface area contributed by atoms with Gasteiger partial charge in [-0.25, -0.2) is 4.79 Å². The summed E-state index contributed by atoms with van der Waals surface area (Å²) >= 11 is 5.59. The standard InChI is InChI=1S/C23H24N4O3S/c1-14-12-18(15(2)27(14)17-7-5-6-16(13-17)22(29)30)21-20(19-8-3-4-9-24-19)25-23(31)26(21)10-11-28/h3-9,12-13,20-21,28H,10-11H2,1-2H3,(H,25,31)(H,29,30). The van der Waals surface area contributed by atoms with Crippen LogP contribution >= 0.6 is 12.2 Å². The van der Waals surface area contributed by atoms with Crippen LogP contribution in [0.25, 0.3) is 5.69 Å². The number of aromatic carboxylic acids is 1. The van der Waals surface area contributed by atoms with Crippen LogP contribution in [0, 0.1) is 13.8 Å². The van der Waals surface area contributed by atoms with Crippen molar-refractivity contribution in [3.8, 4) is 5.69 Å². The minimum atomic E-state index is -0.959. The Bertz CT molecular complexity index is 1130. The molecule has 1 aliphatic rings. The molecule has 1 saturated heterocycles. The zero-order valence-corrected chi connectivity index (χ0v) is 18.1. The Labute approximate surface area is 186 Å². The van der Waals surface area contributed by atoms with Gasteiger partial charge in [0.2, 0.25) is 0 Å². The zero-order valence-electron chi connectivity index (χ0n) is 17.3. The predicted octanol–water partition coefficient (Wildman–Crippen LogP) is 3.15. The molecule has 0 spiro atoms. The lowest BCUT2D eigenvalue weighted by molar-refractivity contribution is 0.0697. The Morgan fingerprint density at radius 1 is 1.19 bits per heavy atom. The van der Waals surface area contributed by atoms with Crippen LogP contribution in [0.3, 0.4) is 0 Å². The van der Waals surface area contributed by atoms with Gasteiger partial charge in [-0.05, 0) is 68.0 Å². The molecule has 2 aromatic heterocycles. The van der Waals surface area contributed by atoms with E-state index in [1.807, 2.05) is 43.0 Å². The van der Waals surface area contributed by atoms with E-state index in [0.717, 1.165) is 28.3 Å². The molecule has 0 bridgehead atoms. The molecule has 2 unspecified atom stereocenters. The molecule has 0 aliphatic carbocycles. The van der Waals surface area contributed by atoms with Crippen molar-refractivity contribution in [2.45, 2.75) is 25.9 Å². The van der Waals surface area contributed by atoms with Gasteiger partial charge in [-0.3, -0.25) is 4.98 Å². The number of nitrogens with zero attached hydrogens (tertiary/aromatic N) is 3. The second kappa shape index (κ2) is 8.49. The van der Waals surface area contributed by atoms with E-state index >= 15 is 0 Å². The van der Waals surface area contributed by atoms with Gasteiger partial charge in [0.25, 0.3) is 0 Å². The maximum absolute atomic E-state index is 11.5. The Morgan fingerprint density at radius 2 is 2.00 bits per heavy atom. The number of carbonyl (C=O) groups is 1. The number of aromatic nitrogens is 2. The fourth-order valence-electron chi connectivity index (χ4n) is 4.35. The number of aliphatic hydroxyl groups is 1. The van der Waals surface area contributed by atoms with Gasteiger partial charge < -0.3 is 25.0 Å². The lowest BCUT2D eigenvalue weighted by atomic mass is 9.97. The summed E-state index contributed by atoms with van der Waals surface area (Å²) in [7, 11) is 0. The number of nitrogens with one attached hydrogen (secondary N) is 1. The quantitative estimate of drug-likeness (QED) is 0.512. The Balaban J connectivity index is 1.83. The second-order valence-corrected chi connectivity index (χ2v) is 7.95. The van der Waals surface area contributed by atoms with Crippen molar-refractivity contribution in [3.05, 3.63) is 82.9 Å². The van der Waals surface area contributed by atoms with Crippen LogP contribution in [0.1, 0.15) is 45.1 Å². The number of rotatable bonds is 6. The van der Waals surface area contributed by atoms with Crippen LogP contribution in [0.4, 0.5) is 0 Å². The molecule has 0 saturated carbocycles. The minimum absolute atomic E-state index is 0.0212. The van der Waals surface area contributed by atoms with Crippen LogP contribution in [0.2, 0.25) is 0 Å². The molecule has 3 N–H and O–H groups in total. The van der Waals surface area contributed by atoms with E-state index in [9.17, 15) is 15.0 Å². The second-order valence-electron chi connectivity index (χ2n) is 7.56. The highest BCUT2D eigenvalue weighted by molar-refractivity contribution is 7.80. The molecule has 2 atom stereocenters. The van der Waals surface area contributed by atoms with E-state index in [1.165, 1.54) is 0 Å². The van der Waals surface area contributed by atoms with Crippen LogP contribution in [-0.2, 0) is 0 Å². The first-order valence-electron chi connectivity index (χ1n) is 10.0. The van der Waals surface area contributed by atoms with Crippen LogP contribution in [0.5, 0.6) is 0 Å². The molecule has 3 heterocycles. The number of β-amino-alcohol motifs (C(OH)–C–C–N with tert-alkyl or cyclic N) is 1. The topological polar surface area (TPSA) is 90.6 Å². The van der Waals surface area contributed by atoms with Crippen LogP contribution in [-0.4, -0.2) is 48.9 Å². The summed E-state index contributed by atoms with van der Waals surface area (Å²) in [5.74, 6) is -0.959. The lowest BCUT2D eigenvalue weighted by Crippen LogP contribution is -2.32. The maximum Gasteiger partial charge on any atom is 0.335 e. The zero-order chi connectivity index (χ0) is 22.1. The first kappa shape index (κ1) is 21.0. The van der Waals surface area contributed by atoms with Crippen LogP contribution in [0.15, 0.2) is 54.7 Å². The van der Waals surface area contributed by atoms with E-state index < -0.39 is 5.97 Å². The summed E-state index contributed by atoms with van der Waals surface area (Å²) in [6, 6.07) is 14.5. The number of benzene rings is 1. The molecule has 8 heteroatoms. The Morgan fingerprint density at radius 3 is 2.68 bits per heavy atom. The maximum atomic E-state index is 11.5. The van der Waals surface area contributed by atoms with Crippen molar-refractivity contribution < 1.29 is 15.0 Å². The molecule has 0 amide bonds. The number of carboxylic acid groups (broad SMARTS) is 1. The highest BCUT2D eigenvalue weighted by Gasteiger charge is 2.41. The van der Waals surface area contributed by atoms with Gasteiger partial charge in [-0.15, -0.1) is 0 Å². The monoisotopic (exact) mass is 436 g/mol. The number of hydrogen-bond acceptors (Lipinski definition) is 4. The lowest BCUT2D eigenvalue weighted by Gasteiger charge is -2.27. The van der Waals surface area contributed by atoms with E-state index in [-0.39, 0.29) is 24.3 Å². The van der Waals surface area contributed by atoms with Gasteiger partial charge in [0.15, 0.2) is 5.11 Å². The third-order valence-corrected chi connectivity index (χ3v) is 6.03. The predicted molar refractivity (Wildman–Crippen MR) is 121 cm³/mol. The first-order valence-corrected chi connectivity index (χ1v) is 10.4. The Kier molecular flexibility index (Phi) is 5.75. The summed E-state index contributed by atoms with van der Waals surface area (Å²) in [6.45, 7) is 4.39. The molecule has 1 aliphatic heterocycles. The van der Waals surface area contributed by atoms with E-state index in [4.69, 9.17) is 12.2 Å². The number of aliphatic hydroxyl groups excluding tert-OH is 1. The van der Waals surface area contributed by atoms with E-state index in [1.54, 1.807) is 24.4 Å². The Hall–Kier alpha value is -3.23. The molecule has 7 nitrogen and oxygen atoms in total. The summed E-state index contributed by atoms with van der Waals surface area (Å²) in [5, 5.41) is 23.0. The van der Waals surface area contributed by atoms with Crippen molar-refractivity contribution in [1.82, 2.24) is 19.8 Å². The molecule has 0 radical (unpaired) electrons. The SMILES string of the molecule is Cc1cc(C2C(c3ccccn3)NC(=S)N2CCO)c(C)n1-c1cccc(C(=O)O)c1. The molecule has 31 heavy (non-hydrogen) atoms. The minimum Gasteiger partial charge on any atom is -0.478 e. The van der Waals surface area contributed by atoms with Crippen molar-refractivity contribution in [3.63, 3.8) is 0 Å². The smallest absolute Gasteiger partial charge is 0.335 e. The number of carboxylic acids is 1. The fraction of sp³-hybridized carbons (Fsp3) is 0.261. The number of pyridine rings is 1. The van der Waals surface area contributed by atoms with Crippen molar-refractivity contribution >= 4 is 23.3 Å². The van der Waals surface area contributed by atoms with E-state index in [2.05, 4.69) is 20.9 Å². The van der Waals surface area contributed by atoms with Gasteiger partial charge >= 0.3 is 5.97 Å². The summed E-state index contributed by atoms with van der Waals surface area (Å²) < 4.78 is 2.05. The molecule has 160 valence electrons. The van der Waals surface area contributed by atoms with Gasteiger partial charge in [0, 0.05) is 29.8 Å². The third kappa shape index (κ3) is 3.80. The summed E-state index contributed by atoms with van der Waals surface area (Å²) in [6.07, 6.45) is 1.76. The van der Waals surface area contributed by atoms with Gasteiger partial charge in [0.1, 0.15) is 0 Å². The van der Waals surface area contributed by atoms with Gasteiger partial charge in [-0.2, -0.15) is 0 Å². The van der Waals surface area contributed by atoms with Gasteiger partial charge in [-0.1, -0.05) is 12.1 Å². The summed E-state index contributed by atoms with van der Waals surface area (Å²) in [5.41, 5.74) is 4.92. The molecule has 3 aromatic rings. The van der Waals surface area contributed by atoms with E-state index in [0.29, 0.717) is 11.7 Å². The normalized spacial score (nSPS) is 18.3. The molecule has 4 rings (SSSR count). The summed E-state index contributed by atoms with van der Waals surface area (Å²) in [4.78, 5) is 18.0. The highest BCUT2D eigenvalue weighted by Crippen LogP contribution is 2.41. The fourth-order valence-corrected chi connectivity index (χ4v) is 4.69. The highest BCUT2D eigenvalue weighted by atomic mass is 32.1. The van der Waals surface area contributed by atoms with Gasteiger partial charge in [0.05, 0.1) is 29.9 Å². The van der Waals surface area contributed by atoms with Crippen LogP contribution < -0.4 is 5.32 Å².